The van der Waals surface area contributed by atoms with Gasteiger partial charge in [-0.05, 0) is 63.9 Å². The number of esters is 2. The van der Waals surface area contributed by atoms with E-state index in [0.717, 1.165) is 89.9 Å². The number of ketones is 1. The van der Waals surface area contributed by atoms with Crippen LogP contribution in [0.15, 0.2) is 36.5 Å². The Morgan fingerprint density at radius 3 is 1.61 bits per heavy atom. The Morgan fingerprint density at radius 1 is 0.548 bits per heavy atom. The summed E-state index contributed by atoms with van der Waals surface area (Å²) in [5.74, 6) is -1.15. The molecule has 0 aromatic heterocycles. The Kier molecular flexibility index (Phi) is 32.0. The van der Waals surface area contributed by atoms with E-state index in [0.29, 0.717) is 19.3 Å². The zero-order valence-corrected chi connectivity index (χ0v) is 38.6. The molecule has 5 unspecified atom stereocenters. The van der Waals surface area contributed by atoms with Gasteiger partial charge in [0, 0.05) is 19.3 Å². The zero-order valence-electron chi connectivity index (χ0n) is 36.8. The molecule has 1 aliphatic carbocycles. The normalized spacial score (nSPS) is 22.3. The molecule has 1 saturated carbocycles. The average molecular weight is 927 g/mol. The quantitative estimate of drug-likeness (QED) is 0.00815. The molecule has 0 saturated heterocycles. The number of rotatable bonds is 37. The molecule has 0 aliphatic heterocycles. The summed E-state index contributed by atoms with van der Waals surface area (Å²) in [5.41, 5.74) is 0. The van der Waals surface area contributed by atoms with Crippen LogP contribution in [0.4, 0.5) is 0 Å². The number of carbonyl (C=O) groups is 3. The molecule has 0 amide bonds. The Hall–Kier alpha value is -2.11. The molecule has 1 fully saturated rings. The molecule has 0 heterocycles. The first-order valence-corrected chi connectivity index (χ1v) is 25.5. The average Bonchev–Trinajstić information content (AvgIpc) is 3.22. The van der Waals surface area contributed by atoms with E-state index in [1.807, 2.05) is 12.2 Å². The lowest BCUT2D eigenvalue weighted by molar-refractivity contribution is -0.216. The van der Waals surface area contributed by atoms with E-state index in [-0.39, 0.29) is 18.6 Å². The smallest absolute Gasteiger partial charge is 0.462 e. The van der Waals surface area contributed by atoms with Gasteiger partial charge in [0.05, 0.1) is 6.61 Å². The second-order valence-electron chi connectivity index (χ2n) is 15.8. The highest BCUT2D eigenvalue weighted by molar-refractivity contribution is 7.47. The second kappa shape index (κ2) is 34.3. The third-order valence-corrected chi connectivity index (χ3v) is 11.7. The second-order valence-corrected chi connectivity index (χ2v) is 18.4. The maximum atomic E-state index is 12.9. The summed E-state index contributed by atoms with van der Waals surface area (Å²) in [6.07, 6.45) is 16.7. The summed E-state index contributed by atoms with van der Waals surface area (Å²) in [7, 11) is -10.7. The van der Waals surface area contributed by atoms with Crippen molar-refractivity contribution in [1.29, 1.82) is 0 Å². The Bertz CT molecular complexity index is 1420. The fourth-order valence-electron chi connectivity index (χ4n) is 6.59. The van der Waals surface area contributed by atoms with Crippen molar-refractivity contribution >= 4 is 33.4 Å². The van der Waals surface area contributed by atoms with Crippen LogP contribution in [0.25, 0.3) is 0 Å². The first kappa shape index (κ1) is 57.9. The van der Waals surface area contributed by atoms with Crippen LogP contribution in [0.5, 0.6) is 0 Å². The molecular weight excluding hydrogens is 850 g/mol. The van der Waals surface area contributed by atoms with Crippen LogP contribution in [-0.4, -0.2) is 109 Å². The highest BCUT2D eigenvalue weighted by atomic mass is 31.2. The molecule has 0 spiro atoms. The molecule has 360 valence electrons. The summed E-state index contributed by atoms with van der Waals surface area (Å²) in [5, 5.41) is 41.1. The Balaban J connectivity index is 2.65. The first-order chi connectivity index (χ1) is 29.5. The SMILES string of the molecule is CCCCCC/C=C\CCCCCCCC(=O)O[C@H](COC(=O)CCCCCCC/C=C\C=C\C(=O)CCCCC)COP(=O)(O)O[C@H]1C(O)C(O)C(O)[C@@H](OP(=O)(O)O)C1O. The fraction of sp³-hybridized carbons (Fsp3) is 0.791. The minimum absolute atomic E-state index is 0.0162. The lowest BCUT2D eigenvalue weighted by atomic mass is 9.85. The highest BCUT2D eigenvalue weighted by Gasteiger charge is 2.54. The zero-order chi connectivity index (χ0) is 46.2. The molecular formula is C43H76O17P2. The third-order valence-electron chi connectivity index (χ3n) is 10.2. The molecule has 62 heavy (non-hydrogen) atoms. The van der Waals surface area contributed by atoms with E-state index in [2.05, 4.69) is 30.5 Å². The van der Waals surface area contributed by atoms with Crippen LogP contribution in [0.2, 0.25) is 0 Å². The molecule has 17 nitrogen and oxygen atoms in total. The van der Waals surface area contributed by atoms with Gasteiger partial charge in [-0.1, -0.05) is 115 Å². The van der Waals surface area contributed by atoms with Gasteiger partial charge >= 0.3 is 27.6 Å². The summed E-state index contributed by atoms with van der Waals surface area (Å²) < 4.78 is 49.2. The number of allylic oxidation sites excluding steroid dienone is 6. The molecule has 8 atom stereocenters. The van der Waals surface area contributed by atoms with Crippen LogP contribution < -0.4 is 0 Å². The van der Waals surface area contributed by atoms with E-state index in [9.17, 15) is 48.8 Å². The van der Waals surface area contributed by atoms with E-state index in [1.54, 1.807) is 12.2 Å². The van der Waals surface area contributed by atoms with Crippen molar-refractivity contribution < 1.29 is 81.7 Å². The van der Waals surface area contributed by atoms with Gasteiger partial charge in [0.25, 0.3) is 0 Å². The summed E-state index contributed by atoms with van der Waals surface area (Å²) >= 11 is 0. The number of hydrogen-bond acceptors (Lipinski definition) is 14. The van der Waals surface area contributed by atoms with E-state index in [1.165, 1.54) is 25.7 Å². The van der Waals surface area contributed by atoms with Gasteiger partial charge in [-0.3, -0.25) is 28.0 Å². The van der Waals surface area contributed by atoms with Gasteiger partial charge in [0.15, 0.2) is 11.9 Å². The lowest BCUT2D eigenvalue weighted by Crippen LogP contribution is -2.64. The van der Waals surface area contributed by atoms with Crippen LogP contribution in [0.3, 0.4) is 0 Å². The Labute approximate surface area is 368 Å². The van der Waals surface area contributed by atoms with Crippen molar-refractivity contribution in [3.63, 3.8) is 0 Å². The fourth-order valence-corrected chi connectivity index (χ4v) is 8.13. The van der Waals surface area contributed by atoms with Crippen molar-refractivity contribution in [3.8, 4) is 0 Å². The minimum atomic E-state index is -5.37. The molecule has 0 aromatic carbocycles. The number of phosphoric acid groups is 2. The van der Waals surface area contributed by atoms with Gasteiger partial charge in [-0.2, -0.15) is 0 Å². The van der Waals surface area contributed by atoms with Crippen LogP contribution in [0.1, 0.15) is 162 Å². The predicted octanol–water partition coefficient (Wildman–Crippen LogP) is 7.13. The van der Waals surface area contributed by atoms with Crippen molar-refractivity contribution in [3.05, 3.63) is 36.5 Å². The van der Waals surface area contributed by atoms with E-state index in [4.69, 9.17) is 28.3 Å². The summed E-state index contributed by atoms with van der Waals surface area (Å²) in [4.78, 5) is 65.9. The van der Waals surface area contributed by atoms with E-state index < -0.39 is 83.5 Å². The van der Waals surface area contributed by atoms with Crippen LogP contribution >= 0.6 is 15.6 Å². The molecule has 7 N–H and O–H groups in total. The van der Waals surface area contributed by atoms with Crippen LogP contribution in [0, 0.1) is 0 Å². The van der Waals surface area contributed by atoms with Crippen molar-refractivity contribution in [2.75, 3.05) is 13.2 Å². The Morgan fingerprint density at radius 2 is 1.03 bits per heavy atom. The first-order valence-electron chi connectivity index (χ1n) is 22.5. The van der Waals surface area contributed by atoms with Gasteiger partial charge in [-0.15, -0.1) is 0 Å². The van der Waals surface area contributed by atoms with Gasteiger partial charge in [0.2, 0.25) is 0 Å². The number of unbranched alkanes of at least 4 members (excludes halogenated alkanes) is 16. The van der Waals surface area contributed by atoms with Gasteiger partial charge in [0.1, 0.15) is 43.2 Å². The largest absolute Gasteiger partial charge is 0.472 e. The third kappa shape index (κ3) is 28.6. The minimum Gasteiger partial charge on any atom is -0.462 e. The lowest BCUT2D eigenvalue weighted by Gasteiger charge is -2.43. The standard InChI is InChI=1S/C43H76O17P2/c1-3-5-7-8-9-10-11-12-13-16-20-23-27-31-37(46)58-35(32-56-36(45)30-26-22-19-17-14-15-18-21-25-29-34(44)28-24-6-4-2)33-57-62(54,55)60-43-40(49)38(47)39(48)42(41(43)50)59-61(51,52)53/h10-11,18,21,25,29,35,38-43,47-50H,3-9,12-17,19-20,22-24,26-28,30-33H2,1-2H3,(H,54,55)(H2,51,52,53)/b11-10-,21-18-,29-25+/t35-,38?,39?,40?,41?,42-,43+/m1/s1. The van der Waals surface area contributed by atoms with Crippen LogP contribution in [-0.2, 0) is 46.6 Å². The summed E-state index contributed by atoms with van der Waals surface area (Å²) in [6.45, 7) is 2.89. The van der Waals surface area contributed by atoms with Crippen molar-refractivity contribution in [2.24, 2.45) is 0 Å². The monoisotopic (exact) mass is 926 g/mol. The molecule has 0 aromatic rings. The van der Waals surface area contributed by atoms with Gasteiger partial charge < -0.3 is 44.6 Å². The number of hydrogen-bond donors (Lipinski definition) is 7. The molecule has 19 heteroatoms. The molecule has 0 bridgehead atoms. The number of aliphatic hydroxyl groups is 4. The number of ether oxygens (including phenoxy) is 2. The van der Waals surface area contributed by atoms with Gasteiger partial charge in [-0.25, -0.2) is 9.13 Å². The van der Waals surface area contributed by atoms with Crippen molar-refractivity contribution in [2.45, 2.75) is 204 Å². The number of phosphoric ester groups is 2. The maximum Gasteiger partial charge on any atom is 0.472 e. The molecule has 0 radical (unpaired) electrons. The topological polar surface area (TPSA) is 273 Å². The summed E-state index contributed by atoms with van der Waals surface area (Å²) in [6, 6.07) is 0. The maximum absolute atomic E-state index is 12.9. The van der Waals surface area contributed by atoms with E-state index >= 15 is 0 Å². The van der Waals surface area contributed by atoms with Crippen molar-refractivity contribution in [1.82, 2.24) is 0 Å². The number of aliphatic hydroxyl groups excluding tert-OH is 4. The molecule has 1 rings (SSSR count). The predicted molar refractivity (Wildman–Crippen MR) is 232 cm³/mol. The number of carbonyl (C=O) groups excluding carboxylic acids is 3. The highest BCUT2D eigenvalue weighted by Crippen LogP contribution is 2.49. The molecule has 1 aliphatic rings.